The minimum Gasteiger partial charge on any atom is -0.391 e. The van der Waals surface area contributed by atoms with Crippen LogP contribution in [0.5, 0.6) is 0 Å². The second-order valence-corrected chi connectivity index (χ2v) is 8.91. The van der Waals surface area contributed by atoms with Crippen LogP contribution in [0.4, 0.5) is 0 Å². The Morgan fingerprint density at radius 1 is 1.00 bits per heavy atom. The largest absolute Gasteiger partial charge is 0.391 e. The molecule has 5 heteroatoms. The molecule has 150 valence electrons. The molecule has 1 saturated carbocycles. The standard InChI is InChI=1S/C24H26ClN3O/c25-21-8-4-5-17(11-21)14-27-15-19-12-22(23(29)13-20(19)16-27)28-10-9-26-24(28)18-6-2-1-3-7-18/h1-11,19-20,22-23,29H,12-16H2/t19-,20+,22-,23-/m0/s1. The van der Waals surface area contributed by atoms with Crippen LogP contribution in [0.2, 0.25) is 5.02 Å². The van der Waals surface area contributed by atoms with Gasteiger partial charge in [0.25, 0.3) is 0 Å². The molecular formula is C24H26ClN3O. The summed E-state index contributed by atoms with van der Waals surface area (Å²) in [7, 11) is 0. The van der Waals surface area contributed by atoms with E-state index in [1.165, 1.54) is 5.56 Å². The summed E-state index contributed by atoms with van der Waals surface area (Å²) in [5, 5.41) is 11.8. The number of nitrogens with zero attached hydrogens (tertiary/aromatic N) is 3. The molecule has 4 nitrogen and oxygen atoms in total. The number of hydrogen-bond acceptors (Lipinski definition) is 3. The Kier molecular flexibility index (Phi) is 5.17. The topological polar surface area (TPSA) is 41.3 Å². The third-order valence-corrected chi connectivity index (χ3v) is 6.77. The van der Waals surface area contributed by atoms with E-state index >= 15 is 0 Å². The minimum absolute atomic E-state index is 0.0834. The maximum absolute atomic E-state index is 11.0. The van der Waals surface area contributed by atoms with Crippen LogP contribution in [0, 0.1) is 11.8 Å². The Bertz CT molecular complexity index is 973. The molecule has 1 aromatic heterocycles. The van der Waals surface area contributed by atoms with Crippen LogP contribution >= 0.6 is 11.6 Å². The summed E-state index contributed by atoms with van der Waals surface area (Å²) in [6.07, 6.45) is 5.39. The van der Waals surface area contributed by atoms with E-state index in [9.17, 15) is 5.11 Å². The molecule has 0 radical (unpaired) electrons. The van der Waals surface area contributed by atoms with E-state index in [1.807, 2.05) is 42.7 Å². The molecule has 0 unspecified atom stereocenters. The maximum atomic E-state index is 11.0. The molecule has 4 atom stereocenters. The van der Waals surface area contributed by atoms with Crippen molar-refractivity contribution in [1.29, 1.82) is 0 Å². The lowest BCUT2D eigenvalue weighted by Gasteiger charge is -2.36. The molecule has 2 aromatic carbocycles. The van der Waals surface area contributed by atoms with Crippen LogP contribution < -0.4 is 0 Å². The summed E-state index contributed by atoms with van der Waals surface area (Å²) in [6, 6.07) is 18.5. The van der Waals surface area contributed by atoms with Gasteiger partial charge in [0.15, 0.2) is 0 Å². The molecule has 1 N–H and O–H groups in total. The van der Waals surface area contributed by atoms with Crippen molar-refractivity contribution >= 4 is 11.6 Å². The van der Waals surface area contributed by atoms with Crippen LogP contribution in [-0.4, -0.2) is 38.8 Å². The summed E-state index contributed by atoms with van der Waals surface area (Å²) < 4.78 is 2.19. The van der Waals surface area contributed by atoms with Crippen molar-refractivity contribution < 1.29 is 5.11 Å². The number of hydrogen-bond donors (Lipinski definition) is 1. The Balaban J connectivity index is 1.32. The van der Waals surface area contributed by atoms with Gasteiger partial charge in [0.1, 0.15) is 5.82 Å². The van der Waals surface area contributed by atoms with E-state index in [4.69, 9.17) is 11.6 Å². The van der Waals surface area contributed by atoms with Gasteiger partial charge in [0.2, 0.25) is 0 Å². The van der Waals surface area contributed by atoms with Gasteiger partial charge in [-0.3, -0.25) is 4.90 Å². The SMILES string of the molecule is O[C@H]1C[C@@H]2CN(Cc3cccc(Cl)c3)C[C@@H]2C[C@@H]1n1ccnc1-c1ccccc1. The van der Waals surface area contributed by atoms with E-state index in [0.29, 0.717) is 11.8 Å². The van der Waals surface area contributed by atoms with Gasteiger partial charge in [-0.1, -0.05) is 54.1 Å². The first kappa shape index (κ1) is 18.9. The first-order valence-corrected chi connectivity index (χ1v) is 10.8. The number of fused-ring (bicyclic) bond motifs is 1. The average molecular weight is 408 g/mol. The highest BCUT2D eigenvalue weighted by atomic mass is 35.5. The number of benzene rings is 2. The third kappa shape index (κ3) is 3.85. The average Bonchev–Trinajstić information content (AvgIpc) is 3.34. The summed E-state index contributed by atoms with van der Waals surface area (Å²) in [4.78, 5) is 7.11. The van der Waals surface area contributed by atoms with Crippen molar-refractivity contribution in [1.82, 2.24) is 14.5 Å². The van der Waals surface area contributed by atoms with E-state index in [-0.39, 0.29) is 12.1 Å². The van der Waals surface area contributed by atoms with Gasteiger partial charge in [-0.2, -0.15) is 0 Å². The lowest BCUT2D eigenvalue weighted by Crippen LogP contribution is -2.36. The van der Waals surface area contributed by atoms with E-state index in [1.54, 1.807) is 0 Å². The van der Waals surface area contributed by atoms with Crippen molar-refractivity contribution in [3.05, 3.63) is 77.6 Å². The highest BCUT2D eigenvalue weighted by molar-refractivity contribution is 6.30. The Morgan fingerprint density at radius 3 is 2.59 bits per heavy atom. The van der Waals surface area contributed by atoms with E-state index in [2.05, 4.69) is 38.7 Å². The van der Waals surface area contributed by atoms with Gasteiger partial charge in [-0.25, -0.2) is 4.98 Å². The second-order valence-electron chi connectivity index (χ2n) is 8.47. The smallest absolute Gasteiger partial charge is 0.140 e. The Labute approximate surface area is 176 Å². The number of rotatable bonds is 4. The number of aromatic nitrogens is 2. The molecule has 0 bridgehead atoms. The number of imidazole rings is 1. The fourth-order valence-electron chi connectivity index (χ4n) is 5.22. The fraction of sp³-hybridized carbons (Fsp3) is 0.375. The zero-order valence-electron chi connectivity index (χ0n) is 16.4. The normalized spacial score (nSPS) is 27.1. The van der Waals surface area contributed by atoms with Gasteiger partial charge >= 0.3 is 0 Å². The van der Waals surface area contributed by atoms with E-state index < -0.39 is 0 Å². The van der Waals surface area contributed by atoms with Crippen LogP contribution in [0.25, 0.3) is 11.4 Å². The molecule has 1 aliphatic carbocycles. The summed E-state index contributed by atoms with van der Waals surface area (Å²) >= 11 is 6.15. The fourth-order valence-corrected chi connectivity index (χ4v) is 5.43. The number of halogens is 1. The first-order chi connectivity index (χ1) is 14.2. The van der Waals surface area contributed by atoms with Gasteiger partial charge in [0.05, 0.1) is 12.1 Å². The van der Waals surface area contributed by atoms with Crippen molar-refractivity contribution in [2.45, 2.75) is 31.5 Å². The van der Waals surface area contributed by atoms with Crippen molar-refractivity contribution in [2.24, 2.45) is 11.8 Å². The minimum atomic E-state index is -0.334. The predicted molar refractivity (Wildman–Crippen MR) is 116 cm³/mol. The van der Waals surface area contributed by atoms with Gasteiger partial charge in [0, 0.05) is 42.6 Å². The van der Waals surface area contributed by atoms with Gasteiger partial charge in [-0.05, 0) is 42.4 Å². The molecule has 0 amide bonds. The molecule has 2 fully saturated rings. The van der Waals surface area contributed by atoms with Crippen LogP contribution in [0.3, 0.4) is 0 Å². The third-order valence-electron chi connectivity index (χ3n) is 6.54. The number of aliphatic hydroxyl groups excluding tert-OH is 1. The molecule has 29 heavy (non-hydrogen) atoms. The highest BCUT2D eigenvalue weighted by Gasteiger charge is 2.42. The van der Waals surface area contributed by atoms with Crippen LogP contribution in [0.15, 0.2) is 67.0 Å². The van der Waals surface area contributed by atoms with E-state index in [0.717, 1.165) is 48.9 Å². The second kappa shape index (κ2) is 7.94. The molecule has 3 aromatic rings. The van der Waals surface area contributed by atoms with Gasteiger partial charge < -0.3 is 9.67 Å². The molecule has 2 aliphatic rings. The first-order valence-electron chi connectivity index (χ1n) is 10.4. The predicted octanol–water partition coefficient (Wildman–Crippen LogP) is 4.65. The van der Waals surface area contributed by atoms with Gasteiger partial charge in [-0.15, -0.1) is 0 Å². The molecule has 1 saturated heterocycles. The monoisotopic (exact) mass is 407 g/mol. The maximum Gasteiger partial charge on any atom is 0.140 e. The van der Waals surface area contributed by atoms with Crippen molar-refractivity contribution in [3.63, 3.8) is 0 Å². The van der Waals surface area contributed by atoms with Crippen molar-refractivity contribution in [2.75, 3.05) is 13.1 Å². The molecule has 2 heterocycles. The zero-order valence-corrected chi connectivity index (χ0v) is 17.1. The highest BCUT2D eigenvalue weighted by Crippen LogP contribution is 2.42. The molecule has 0 spiro atoms. The lowest BCUT2D eigenvalue weighted by molar-refractivity contribution is 0.0365. The van der Waals surface area contributed by atoms with Crippen LogP contribution in [-0.2, 0) is 6.54 Å². The molecule has 5 rings (SSSR count). The molecular weight excluding hydrogens is 382 g/mol. The number of likely N-dealkylation sites (tertiary alicyclic amines) is 1. The summed E-state index contributed by atoms with van der Waals surface area (Å²) in [5.41, 5.74) is 2.36. The Morgan fingerprint density at radius 2 is 1.79 bits per heavy atom. The quantitative estimate of drug-likeness (QED) is 0.684. The molecule has 1 aliphatic heterocycles. The Hall–Kier alpha value is -2.14. The van der Waals surface area contributed by atoms with Crippen molar-refractivity contribution in [3.8, 4) is 11.4 Å². The number of aliphatic hydroxyl groups is 1. The summed E-state index contributed by atoms with van der Waals surface area (Å²) in [5.74, 6) is 2.11. The van der Waals surface area contributed by atoms with Crippen LogP contribution in [0.1, 0.15) is 24.4 Å². The zero-order chi connectivity index (χ0) is 19.8. The lowest BCUT2D eigenvalue weighted by atomic mass is 9.77. The summed E-state index contributed by atoms with van der Waals surface area (Å²) in [6.45, 7) is 3.06.